The van der Waals surface area contributed by atoms with E-state index in [1.807, 2.05) is 28.8 Å². The van der Waals surface area contributed by atoms with Gasteiger partial charge in [0, 0.05) is 19.2 Å². The lowest BCUT2D eigenvalue weighted by atomic mass is 10.3. The van der Waals surface area contributed by atoms with Crippen LogP contribution in [-0.4, -0.2) is 51.6 Å². The molecule has 0 saturated carbocycles. The van der Waals surface area contributed by atoms with Gasteiger partial charge in [0.15, 0.2) is 5.65 Å². The lowest BCUT2D eigenvalue weighted by Crippen LogP contribution is -2.36. The predicted octanol–water partition coefficient (Wildman–Crippen LogP) is 0.874. The van der Waals surface area contributed by atoms with Crippen LogP contribution in [0.1, 0.15) is 25.1 Å². The van der Waals surface area contributed by atoms with E-state index in [9.17, 15) is 4.79 Å². The molecule has 21 heavy (non-hydrogen) atoms. The number of rotatable bonds is 6. The van der Waals surface area contributed by atoms with Crippen LogP contribution in [0.4, 0.5) is 0 Å². The number of hydrogen-bond acceptors (Lipinski definition) is 4. The zero-order valence-electron chi connectivity index (χ0n) is 12.2. The van der Waals surface area contributed by atoms with E-state index >= 15 is 0 Å². The molecular weight excluding hydrogens is 266 g/mol. The molecule has 1 amide bonds. The van der Waals surface area contributed by atoms with Crippen molar-refractivity contribution >= 4 is 11.6 Å². The Hall–Kier alpha value is -1.95. The molecule has 3 heterocycles. The highest BCUT2D eigenvalue weighted by molar-refractivity contribution is 5.77. The average Bonchev–Trinajstić information content (AvgIpc) is 3.13. The van der Waals surface area contributed by atoms with Crippen LogP contribution in [-0.2, 0) is 11.2 Å². The van der Waals surface area contributed by atoms with Crippen LogP contribution in [0.2, 0.25) is 0 Å². The number of carbonyl (C=O) groups is 1. The SMILES string of the molecule is O=C(CN1CCCC1)NCCCc1nnc2ccccn12. The second kappa shape index (κ2) is 6.67. The summed E-state index contributed by atoms with van der Waals surface area (Å²) in [5, 5.41) is 11.3. The highest BCUT2D eigenvalue weighted by Gasteiger charge is 2.14. The van der Waals surface area contributed by atoms with Gasteiger partial charge in [0.05, 0.1) is 6.54 Å². The molecule has 0 aromatic carbocycles. The molecule has 2 aromatic rings. The number of likely N-dealkylation sites (tertiary alicyclic amines) is 1. The maximum Gasteiger partial charge on any atom is 0.234 e. The van der Waals surface area contributed by atoms with Gasteiger partial charge in [0.2, 0.25) is 5.91 Å². The summed E-state index contributed by atoms with van der Waals surface area (Å²) in [6.45, 7) is 3.33. The zero-order chi connectivity index (χ0) is 14.5. The van der Waals surface area contributed by atoms with Crippen molar-refractivity contribution in [1.29, 1.82) is 0 Å². The summed E-state index contributed by atoms with van der Waals surface area (Å²) in [6.07, 6.45) is 6.09. The highest BCUT2D eigenvalue weighted by Crippen LogP contribution is 2.06. The zero-order valence-corrected chi connectivity index (χ0v) is 12.2. The number of aryl methyl sites for hydroxylation is 1. The fraction of sp³-hybridized carbons (Fsp3) is 0.533. The standard InChI is InChI=1S/C15H21N5O/c21-15(12-19-9-3-4-10-19)16-8-5-7-14-18-17-13-6-1-2-11-20(13)14/h1-2,6,11H,3-5,7-10,12H2,(H,16,21). The number of fused-ring (bicyclic) bond motifs is 1. The fourth-order valence-corrected chi connectivity index (χ4v) is 2.74. The Morgan fingerprint density at radius 1 is 1.24 bits per heavy atom. The third-order valence-corrected chi connectivity index (χ3v) is 3.85. The minimum Gasteiger partial charge on any atom is -0.355 e. The second-order valence-corrected chi connectivity index (χ2v) is 5.48. The van der Waals surface area contributed by atoms with Crippen LogP contribution < -0.4 is 5.32 Å². The molecule has 1 aliphatic heterocycles. The number of nitrogens with zero attached hydrogens (tertiary/aromatic N) is 4. The van der Waals surface area contributed by atoms with E-state index in [1.54, 1.807) is 0 Å². The molecular formula is C15H21N5O. The van der Waals surface area contributed by atoms with Gasteiger partial charge in [-0.05, 0) is 44.5 Å². The Morgan fingerprint density at radius 2 is 2.10 bits per heavy atom. The van der Waals surface area contributed by atoms with Crippen molar-refractivity contribution in [2.24, 2.45) is 0 Å². The number of carbonyl (C=O) groups excluding carboxylic acids is 1. The van der Waals surface area contributed by atoms with Crippen molar-refractivity contribution in [3.63, 3.8) is 0 Å². The summed E-state index contributed by atoms with van der Waals surface area (Å²) in [4.78, 5) is 14.0. The maximum absolute atomic E-state index is 11.8. The van der Waals surface area contributed by atoms with Gasteiger partial charge in [-0.15, -0.1) is 10.2 Å². The van der Waals surface area contributed by atoms with Gasteiger partial charge >= 0.3 is 0 Å². The van der Waals surface area contributed by atoms with Crippen molar-refractivity contribution in [2.75, 3.05) is 26.2 Å². The minimum absolute atomic E-state index is 0.128. The van der Waals surface area contributed by atoms with E-state index in [0.717, 1.165) is 37.4 Å². The third-order valence-electron chi connectivity index (χ3n) is 3.85. The number of pyridine rings is 1. The second-order valence-electron chi connectivity index (χ2n) is 5.48. The Morgan fingerprint density at radius 3 is 2.95 bits per heavy atom. The lowest BCUT2D eigenvalue weighted by Gasteiger charge is -2.13. The molecule has 1 saturated heterocycles. The van der Waals surface area contributed by atoms with Crippen LogP contribution in [0, 0.1) is 0 Å². The van der Waals surface area contributed by atoms with E-state index < -0.39 is 0 Å². The molecule has 3 rings (SSSR count). The van der Waals surface area contributed by atoms with Crippen LogP contribution in [0.15, 0.2) is 24.4 Å². The maximum atomic E-state index is 11.8. The van der Waals surface area contributed by atoms with Crippen LogP contribution >= 0.6 is 0 Å². The predicted molar refractivity (Wildman–Crippen MR) is 80.0 cm³/mol. The Bertz CT molecular complexity index is 603. The smallest absolute Gasteiger partial charge is 0.234 e. The molecule has 0 atom stereocenters. The molecule has 1 N–H and O–H groups in total. The van der Waals surface area contributed by atoms with Crippen molar-refractivity contribution in [3.8, 4) is 0 Å². The molecule has 6 nitrogen and oxygen atoms in total. The molecule has 1 fully saturated rings. The fourth-order valence-electron chi connectivity index (χ4n) is 2.74. The molecule has 0 radical (unpaired) electrons. The summed E-state index contributed by atoms with van der Waals surface area (Å²) < 4.78 is 1.99. The number of nitrogens with one attached hydrogen (secondary N) is 1. The molecule has 0 spiro atoms. The first-order valence-corrected chi connectivity index (χ1v) is 7.60. The van der Waals surface area contributed by atoms with Crippen LogP contribution in [0.25, 0.3) is 5.65 Å². The Labute approximate surface area is 124 Å². The Kier molecular flexibility index (Phi) is 4.45. The quantitative estimate of drug-likeness (QED) is 0.801. The van der Waals surface area contributed by atoms with E-state index in [1.165, 1.54) is 12.8 Å². The molecule has 6 heteroatoms. The van der Waals surface area contributed by atoms with Crippen LogP contribution in [0.5, 0.6) is 0 Å². The first kappa shape index (κ1) is 14.0. The van der Waals surface area contributed by atoms with Gasteiger partial charge in [-0.2, -0.15) is 0 Å². The van der Waals surface area contributed by atoms with Crippen molar-refractivity contribution in [3.05, 3.63) is 30.2 Å². The van der Waals surface area contributed by atoms with E-state index in [2.05, 4.69) is 20.4 Å². The summed E-state index contributed by atoms with van der Waals surface area (Å²) in [5.74, 6) is 1.07. The number of hydrogen-bond donors (Lipinski definition) is 1. The van der Waals surface area contributed by atoms with E-state index in [0.29, 0.717) is 13.1 Å². The monoisotopic (exact) mass is 287 g/mol. The van der Waals surface area contributed by atoms with E-state index in [4.69, 9.17) is 0 Å². The first-order chi connectivity index (χ1) is 10.3. The van der Waals surface area contributed by atoms with Crippen molar-refractivity contribution in [1.82, 2.24) is 24.8 Å². The van der Waals surface area contributed by atoms with Gasteiger partial charge in [0.1, 0.15) is 5.82 Å². The minimum atomic E-state index is 0.128. The molecule has 2 aromatic heterocycles. The topological polar surface area (TPSA) is 62.5 Å². The van der Waals surface area contributed by atoms with Gasteiger partial charge < -0.3 is 5.32 Å². The molecule has 112 valence electrons. The average molecular weight is 287 g/mol. The molecule has 0 aliphatic carbocycles. The van der Waals surface area contributed by atoms with Gasteiger partial charge in [-0.25, -0.2) is 0 Å². The summed E-state index contributed by atoms with van der Waals surface area (Å²) in [7, 11) is 0. The molecule has 0 bridgehead atoms. The largest absolute Gasteiger partial charge is 0.355 e. The van der Waals surface area contributed by atoms with Gasteiger partial charge in [-0.1, -0.05) is 6.07 Å². The van der Waals surface area contributed by atoms with E-state index in [-0.39, 0.29) is 5.91 Å². The third kappa shape index (κ3) is 3.58. The summed E-state index contributed by atoms with van der Waals surface area (Å²) >= 11 is 0. The first-order valence-electron chi connectivity index (χ1n) is 7.60. The van der Waals surface area contributed by atoms with Crippen LogP contribution in [0.3, 0.4) is 0 Å². The molecule has 0 unspecified atom stereocenters. The van der Waals surface area contributed by atoms with Crippen molar-refractivity contribution < 1.29 is 4.79 Å². The van der Waals surface area contributed by atoms with Gasteiger partial charge in [0.25, 0.3) is 0 Å². The number of aromatic nitrogens is 3. The normalized spacial score (nSPS) is 15.6. The highest BCUT2D eigenvalue weighted by atomic mass is 16.2. The summed E-state index contributed by atoms with van der Waals surface area (Å²) in [6, 6.07) is 5.86. The summed E-state index contributed by atoms with van der Waals surface area (Å²) in [5.41, 5.74) is 0.866. The Balaban J connectivity index is 1.40. The van der Waals surface area contributed by atoms with Crippen molar-refractivity contribution in [2.45, 2.75) is 25.7 Å². The number of amides is 1. The van der Waals surface area contributed by atoms with Gasteiger partial charge in [-0.3, -0.25) is 14.1 Å². The lowest BCUT2D eigenvalue weighted by molar-refractivity contribution is -0.122. The molecule has 1 aliphatic rings.